The van der Waals surface area contributed by atoms with Gasteiger partial charge in [-0.15, -0.1) is 23.1 Å². The maximum Gasteiger partial charge on any atom is 0.290 e. The average Bonchev–Trinajstić information content (AvgIpc) is 3.29. The van der Waals surface area contributed by atoms with Crippen LogP contribution in [0.3, 0.4) is 0 Å². The smallest absolute Gasteiger partial charge is 0.290 e. The van der Waals surface area contributed by atoms with Crippen LogP contribution in [0.2, 0.25) is 5.02 Å². The number of halogens is 1. The summed E-state index contributed by atoms with van der Waals surface area (Å²) in [7, 11) is 0. The second-order valence-electron chi connectivity index (χ2n) is 7.30. The molecule has 0 fully saturated rings. The molecule has 5 aromatic rings. The molecule has 0 aliphatic heterocycles. The summed E-state index contributed by atoms with van der Waals surface area (Å²) in [6.07, 6.45) is 5.30. The molecule has 3 aromatic heterocycles. The fourth-order valence-electron chi connectivity index (χ4n) is 3.41. The maximum atomic E-state index is 12.4. The summed E-state index contributed by atoms with van der Waals surface area (Å²) in [5.41, 5.74) is 4.10. The molecule has 0 aliphatic rings. The zero-order valence-corrected chi connectivity index (χ0v) is 19.3. The van der Waals surface area contributed by atoms with Gasteiger partial charge >= 0.3 is 0 Å². The zero-order chi connectivity index (χ0) is 21.9. The first-order chi connectivity index (χ1) is 15.7. The Balaban J connectivity index is 1.40. The highest BCUT2D eigenvalue weighted by molar-refractivity contribution is 7.98. The number of thiophene rings is 1. The minimum Gasteiger partial charge on any atom is -0.326 e. The number of hydrogen-bond acceptors (Lipinski definition) is 5. The molecule has 0 atom stereocenters. The van der Waals surface area contributed by atoms with Crippen LogP contribution >= 0.6 is 34.7 Å². The van der Waals surface area contributed by atoms with Crippen molar-refractivity contribution in [2.75, 3.05) is 0 Å². The Morgan fingerprint density at radius 2 is 1.81 bits per heavy atom. The molecule has 0 radical (unpaired) electrons. The van der Waals surface area contributed by atoms with Crippen LogP contribution in [0.5, 0.6) is 0 Å². The van der Waals surface area contributed by atoms with Gasteiger partial charge in [0.2, 0.25) is 0 Å². The molecule has 0 aliphatic carbocycles. The van der Waals surface area contributed by atoms with Crippen LogP contribution in [0.15, 0.2) is 95.1 Å². The SMILES string of the molecule is O=c1ncn(Cc2ccc(Cl)cc2)c2cc(-c3ccc(SCc4cccnc4)cc3)sc12. The lowest BCUT2D eigenvalue weighted by Crippen LogP contribution is -2.11. The normalized spacial score (nSPS) is 11.2. The van der Waals surface area contributed by atoms with Crippen molar-refractivity contribution in [3.8, 4) is 10.4 Å². The monoisotopic (exact) mass is 475 g/mol. The standard InChI is InChI=1S/C25H18ClN3OS2/c26-20-7-3-17(4-8-20)14-29-16-28-25(30)24-22(29)12-23(32-24)19-5-9-21(10-6-19)31-15-18-2-1-11-27-13-18/h1-13,16H,14-15H2. The van der Waals surface area contributed by atoms with E-state index in [4.69, 9.17) is 11.6 Å². The number of benzene rings is 2. The first-order valence-corrected chi connectivity index (χ1v) is 12.2. The topological polar surface area (TPSA) is 47.8 Å². The van der Waals surface area contributed by atoms with Crippen molar-refractivity contribution in [3.63, 3.8) is 0 Å². The third-order valence-corrected chi connectivity index (χ3v) is 7.56. The number of fused-ring (bicyclic) bond motifs is 1. The molecule has 0 unspecified atom stereocenters. The van der Waals surface area contributed by atoms with Gasteiger partial charge in [-0.05, 0) is 53.1 Å². The molecule has 0 saturated heterocycles. The van der Waals surface area contributed by atoms with Gasteiger partial charge in [0.15, 0.2) is 0 Å². The summed E-state index contributed by atoms with van der Waals surface area (Å²) in [6.45, 7) is 0.626. The van der Waals surface area contributed by atoms with Crippen LogP contribution in [-0.2, 0) is 12.3 Å². The molecule has 0 saturated carbocycles. The van der Waals surface area contributed by atoms with Crippen molar-refractivity contribution < 1.29 is 0 Å². The van der Waals surface area contributed by atoms with Crippen LogP contribution in [0.1, 0.15) is 11.1 Å². The molecule has 5 rings (SSSR count). The fraction of sp³-hybridized carbons (Fsp3) is 0.0800. The summed E-state index contributed by atoms with van der Waals surface area (Å²) >= 11 is 9.27. The Hall–Kier alpha value is -2.93. The number of thioether (sulfide) groups is 1. The van der Waals surface area contributed by atoms with Gasteiger partial charge < -0.3 is 4.57 Å². The Morgan fingerprint density at radius 1 is 1.00 bits per heavy atom. The van der Waals surface area contributed by atoms with E-state index in [0.717, 1.165) is 27.3 Å². The van der Waals surface area contributed by atoms with E-state index >= 15 is 0 Å². The summed E-state index contributed by atoms with van der Waals surface area (Å²) < 4.78 is 2.68. The molecular weight excluding hydrogens is 458 g/mol. The van der Waals surface area contributed by atoms with E-state index in [9.17, 15) is 4.79 Å². The predicted octanol–water partition coefficient (Wildman–Crippen LogP) is 6.51. The summed E-state index contributed by atoms with van der Waals surface area (Å²) in [5.74, 6) is 0.881. The Morgan fingerprint density at radius 3 is 2.56 bits per heavy atom. The Labute approximate surface area is 198 Å². The summed E-state index contributed by atoms with van der Waals surface area (Å²) in [4.78, 5) is 22.9. The van der Waals surface area contributed by atoms with Gasteiger partial charge in [-0.2, -0.15) is 4.98 Å². The molecular formula is C25H18ClN3OS2. The van der Waals surface area contributed by atoms with Crippen LogP contribution in [0.4, 0.5) is 0 Å². The molecule has 0 N–H and O–H groups in total. The molecule has 158 valence electrons. The van der Waals surface area contributed by atoms with E-state index in [-0.39, 0.29) is 5.56 Å². The Bertz CT molecular complexity index is 1410. The van der Waals surface area contributed by atoms with E-state index in [1.165, 1.54) is 21.8 Å². The molecule has 2 aromatic carbocycles. The maximum absolute atomic E-state index is 12.4. The van der Waals surface area contributed by atoms with Gasteiger partial charge in [-0.25, -0.2) is 0 Å². The van der Waals surface area contributed by atoms with Crippen LogP contribution in [-0.4, -0.2) is 14.5 Å². The molecule has 0 amide bonds. The largest absolute Gasteiger partial charge is 0.326 e. The third kappa shape index (κ3) is 4.63. The lowest BCUT2D eigenvalue weighted by Gasteiger charge is -2.07. The second kappa shape index (κ2) is 9.28. The average molecular weight is 476 g/mol. The minimum absolute atomic E-state index is 0.188. The van der Waals surface area contributed by atoms with E-state index in [0.29, 0.717) is 16.3 Å². The zero-order valence-electron chi connectivity index (χ0n) is 16.9. The first kappa shape index (κ1) is 20.9. The van der Waals surface area contributed by atoms with Crippen LogP contribution < -0.4 is 5.56 Å². The lowest BCUT2D eigenvalue weighted by molar-refractivity contribution is 0.800. The molecule has 4 nitrogen and oxygen atoms in total. The number of aromatic nitrogens is 3. The Kier molecular flexibility index (Phi) is 6.08. The molecule has 0 bridgehead atoms. The highest BCUT2D eigenvalue weighted by Crippen LogP contribution is 2.33. The fourth-order valence-corrected chi connectivity index (χ4v) is 5.44. The van der Waals surface area contributed by atoms with Gasteiger partial charge in [0, 0.05) is 39.5 Å². The number of nitrogens with zero attached hydrogens (tertiary/aromatic N) is 3. The van der Waals surface area contributed by atoms with Crippen LogP contribution in [0, 0.1) is 0 Å². The number of hydrogen-bond donors (Lipinski definition) is 0. The van der Waals surface area contributed by atoms with E-state index < -0.39 is 0 Å². The van der Waals surface area contributed by atoms with E-state index in [1.54, 1.807) is 24.3 Å². The minimum atomic E-state index is -0.188. The van der Waals surface area contributed by atoms with Crippen molar-refractivity contribution in [3.05, 3.63) is 112 Å². The molecule has 0 spiro atoms. The highest BCUT2D eigenvalue weighted by atomic mass is 35.5. The van der Waals surface area contributed by atoms with Gasteiger partial charge in [0.25, 0.3) is 5.56 Å². The highest BCUT2D eigenvalue weighted by Gasteiger charge is 2.11. The summed E-state index contributed by atoms with van der Waals surface area (Å²) in [5, 5.41) is 0.705. The van der Waals surface area contributed by atoms with Crippen molar-refractivity contribution in [1.82, 2.24) is 14.5 Å². The van der Waals surface area contributed by atoms with Crippen LogP contribution in [0.25, 0.3) is 20.7 Å². The van der Waals surface area contributed by atoms with Gasteiger partial charge in [-0.3, -0.25) is 9.78 Å². The van der Waals surface area contributed by atoms with Crippen molar-refractivity contribution in [1.29, 1.82) is 0 Å². The van der Waals surface area contributed by atoms with Crippen molar-refractivity contribution in [2.45, 2.75) is 17.2 Å². The number of pyridine rings is 1. The van der Waals surface area contributed by atoms with Gasteiger partial charge in [0.1, 0.15) is 4.70 Å². The molecule has 32 heavy (non-hydrogen) atoms. The molecule has 3 heterocycles. The number of rotatable bonds is 6. The quantitative estimate of drug-likeness (QED) is 0.262. The summed E-state index contributed by atoms with van der Waals surface area (Å²) in [6, 6.07) is 22.3. The third-order valence-electron chi connectivity index (χ3n) is 5.06. The second-order valence-corrected chi connectivity index (χ2v) is 9.84. The van der Waals surface area contributed by atoms with Crippen molar-refractivity contribution >= 4 is 44.9 Å². The van der Waals surface area contributed by atoms with E-state index in [1.807, 2.05) is 41.1 Å². The first-order valence-electron chi connectivity index (χ1n) is 10.0. The molecule has 7 heteroatoms. The van der Waals surface area contributed by atoms with Gasteiger partial charge in [-0.1, -0.05) is 41.9 Å². The van der Waals surface area contributed by atoms with Crippen molar-refractivity contribution in [2.24, 2.45) is 0 Å². The van der Waals surface area contributed by atoms with Gasteiger partial charge in [0.05, 0.1) is 11.8 Å². The van der Waals surface area contributed by atoms with E-state index in [2.05, 4.69) is 46.4 Å². The predicted molar refractivity (Wildman–Crippen MR) is 134 cm³/mol. The lowest BCUT2D eigenvalue weighted by atomic mass is 10.2.